The largest absolute Gasteiger partial charge is 0.468 e. The van der Waals surface area contributed by atoms with E-state index in [0.29, 0.717) is 34.1 Å². The molecule has 0 bridgehead atoms. The topological polar surface area (TPSA) is 71.5 Å². The van der Waals surface area contributed by atoms with Gasteiger partial charge >= 0.3 is 0 Å². The number of amides is 1. The Morgan fingerprint density at radius 3 is 2.72 bits per heavy atom. The lowest BCUT2D eigenvalue weighted by Gasteiger charge is -2.33. The van der Waals surface area contributed by atoms with E-state index >= 15 is 0 Å². The Morgan fingerprint density at radius 2 is 2.00 bits per heavy atom. The lowest BCUT2D eigenvalue weighted by molar-refractivity contribution is 0.0913. The average molecular weight is 414 g/mol. The van der Waals surface area contributed by atoms with Crippen LogP contribution in [0.1, 0.15) is 47.2 Å². The number of carbonyl (C=O) groups excluding carboxylic acids is 1. The summed E-state index contributed by atoms with van der Waals surface area (Å²) in [4.78, 5) is 15.5. The van der Waals surface area contributed by atoms with Gasteiger partial charge in [-0.25, -0.2) is 0 Å². The van der Waals surface area contributed by atoms with Crippen molar-refractivity contribution < 1.29 is 13.7 Å². The Morgan fingerprint density at radius 1 is 1.21 bits per heavy atom. The van der Waals surface area contributed by atoms with Crippen LogP contribution >= 0.6 is 11.6 Å². The van der Waals surface area contributed by atoms with E-state index in [1.807, 2.05) is 30.3 Å². The Labute approximate surface area is 174 Å². The van der Waals surface area contributed by atoms with E-state index in [0.717, 1.165) is 31.7 Å². The first-order valence-electron chi connectivity index (χ1n) is 9.92. The van der Waals surface area contributed by atoms with Crippen LogP contribution in [0.2, 0.25) is 5.02 Å². The van der Waals surface area contributed by atoms with Crippen LogP contribution in [0.5, 0.6) is 0 Å². The molecule has 3 heterocycles. The number of nitrogens with zero attached hydrogens (tertiary/aromatic N) is 2. The van der Waals surface area contributed by atoms with Crippen LogP contribution in [0.15, 0.2) is 51.6 Å². The first-order valence-corrected chi connectivity index (χ1v) is 10.3. The standard InChI is InChI=1S/C22H24ClN3O3/c1-15-20(21(25-29-15)16-8-3-4-9-17(16)23)22(27)24-14-18(19-10-7-13-28-19)26-11-5-2-6-12-26/h3-4,7-10,13,18H,2,5-6,11-12,14H2,1H3,(H,24,27). The van der Waals surface area contributed by atoms with Gasteiger partial charge in [0.05, 0.1) is 17.3 Å². The molecule has 1 amide bonds. The lowest BCUT2D eigenvalue weighted by Crippen LogP contribution is -2.40. The van der Waals surface area contributed by atoms with Gasteiger partial charge in [-0.05, 0) is 51.1 Å². The van der Waals surface area contributed by atoms with E-state index < -0.39 is 0 Å². The average Bonchev–Trinajstić information content (AvgIpc) is 3.39. The van der Waals surface area contributed by atoms with Gasteiger partial charge in [-0.15, -0.1) is 0 Å². The predicted molar refractivity (Wildman–Crippen MR) is 111 cm³/mol. The molecular formula is C22H24ClN3O3. The monoisotopic (exact) mass is 413 g/mol. The minimum Gasteiger partial charge on any atom is -0.468 e. The van der Waals surface area contributed by atoms with Crippen molar-refractivity contribution in [3.8, 4) is 11.3 Å². The number of benzene rings is 1. The molecule has 1 saturated heterocycles. The molecular weight excluding hydrogens is 390 g/mol. The number of piperidine rings is 1. The summed E-state index contributed by atoms with van der Waals surface area (Å²) in [6, 6.07) is 11.1. The highest BCUT2D eigenvalue weighted by Crippen LogP contribution is 2.31. The molecule has 152 valence electrons. The summed E-state index contributed by atoms with van der Waals surface area (Å²) < 4.78 is 11.0. The molecule has 0 spiro atoms. The minimum atomic E-state index is -0.229. The van der Waals surface area contributed by atoms with Crippen LogP contribution in [0.4, 0.5) is 0 Å². The van der Waals surface area contributed by atoms with Crippen molar-refractivity contribution in [2.45, 2.75) is 32.2 Å². The molecule has 7 heteroatoms. The lowest BCUT2D eigenvalue weighted by atomic mass is 10.0. The van der Waals surface area contributed by atoms with Crippen LogP contribution in [-0.2, 0) is 0 Å². The third-order valence-corrected chi connectivity index (χ3v) is 5.71. The van der Waals surface area contributed by atoms with Gasteiger partial charge in [-0.3, -0.25) is 9.69 Å². The minimum absolute atomic E-state index is 0.00169. The van der Waals surface area contributed by atoms with Gasteiger partial charge in [0, 0.05) is 12.1 Å². The van der Waals surface area contributed by atoms with E-state index in [1.54, 1.807) is 19.3 Å². The summed E-state index contributed by atoms with van der Waals surface area (Å²) >= 11 is 6.31. The number of nitrogens with one attached hydrogen (secondary N) is 1. The SMILES string of the molecule is Cc1onc(-c2ccccc2Cl)c1C(=O)NCC(c1ccco1)N1CCCCC1. The number of hydrogen-bond acceptors (Lipinski definition) is 5. The van der Waals surface area contributed by atoms with Crippen molar-refractivity contribution in [2.24, 2.45) is 0 Å². The maximum atomic E-state index is 13.1. The van der Waals surface area contributed by atoms with Crippen molar-refractivity contribution in [1.29, 1.82) is 0 Å². The van der Waals surface area contributed by atoms with Crippen LogP contribution in [0.25, 0.3) is 11.3 Å². The number of likely N-dealkylation sites (tertiary alicyclic amines) is 1. The maximum absolute atomic E-state index is 13.1. The Bertz CT molecular complexity index is 962. The van der Waals surface area contributed by atoms with Gasteiger partial charge in [0.25, 0.3) is 5.91 Å². The van der Waals surface area contributed by atoms with E-state index in [1.165, 1.54) is 6.42 Å². The summed E-state index contributed by atoms with van der Waals surface area (Å²) in [5.41, 5.74) is 1.54. The number of carbonyl (C=O) groups is 1. The van der Waals surface area contributed by atoms with E-state index in [9.17, 15) is 4.79 Å². The highest BCUT2D eigenvalue weighted by Gasteiger charge is 2.27. The quantitative estimate of drug-likeness (QED) is 0.625. The predicted octanol–water partition coefficient (Wildman–Crippen LogP) is 4.85. The van der Waals surface area contributed by atoms with E-state index in [2.05, 4.69) is 15.4 Å². The number of rotatable bonds is 6. The number of hydrogen-bond donors (Lipinski definition) is 1. The summed E-state index contributed by atoms with van der Waals surface area (Å²) in [6.07, 6.45) is 5.24. The number of furan rings is 1. The number of aryl methyl sites for hydroxylation is 1. The molecule has 29 heavy (non-hydrogen) atoms. The molecule has 3 aromatic rings. The third kappa shape index (κ3) is 4.23. The zero-order valence-electron chi connectivity index (χ0n) is 16.4. The van der Waals surface area contributed by atoms with Gasteiger partial charge in [0.2, 0.25) is 0 Å². The highest BCUT2D eigenvalue weighted by molar-refractivity contribution is 6.33. The Balaban J connectivity index is 1.55. The van der Waals surface area contributed by atoms with Crippen molar-refractivity contribution in [1.82, 2.24) is 15.4 Å². The van der Waals surface area contributed by atoms with Gasteiger partial charge < -0.3 is 14.3 Å². The molecule has 1 aromatic carbocycles. The third-order valence-electron chi connectivity index (χ3n) is 5.38. The molecule has 0 radical (unpaired) electrons. The molecule has 2 aromatic heterocycles. The van der Waals surface area contributed by atoms with E-state index in [4.69, 9.17) is 20.5 Å². The molecule has 0 aliphatic carbocycles. The number of halogens is 1. The van der Waals surface area contributed by atoms with Crippen LogP contribution in [0.3, 0.4) is 0 Å². The summed E-state index contributed by atoms with van der Waals surface area (Å²) in [6.45, 7) is 4.17. The number of aromatic nitrogens is 1. The molecule has 0 saturated carbocycles. The second-order valence-corrected chi connectivity index (χ2v) is 7.69. The summed E-state index contributed by atoms with van der Waals surface area (Å²) in [5.74, 6) is 1.10. The first-order chi connectivity index (χ1) is 14.1. The zero-order chi connectivity index (χ0) is 20.2. The second kappa shape index (κ2) is 8.84. The molecule has 1 unspecified atom stereocenters. The maximum Gasteiger partial charge on any atom is 0.257 e. The van der Waals surface area contributed by atoms with Gasteiger partial charge in [-0.1, -0.05) is 41.4 Å². The van der Waals surface area contributed by atoms with Gasteiger partial charge in [0.1, 0.15) is 22.8 Å². The normalized spacial score (nSPS) is 15.9. The van der Waals surface area contributed by atoms with Crippen molar-refractivity contribution in [3.05, 3.63) is 64.8 Å². The fourth-order valence-electron chi connectivity index (χ4n) is 3.87. The molecule has 1 atom stereocenters. The van der Waals surface area contributed by atoms with Crippen molar-refractivity contribution >= 4 is 17.5 Å². The fraction of sp³-hybridized carbons (Fsp3) is 0.364. The van der Waals surface area contributed by atoms with Crippen molar-refractivity contribution in [2.75, 3.05) is 19.6 Å². The molecule has 1 aliphatic rings. The van der Waals surface area contributed by atoms with Crippen LogP contribution in [0, 0.1) is 6.92 Å². The van der Waals surface area contributed by atoms with Crippen LogP contribution in [-0.4, -0.2) is 35.6 Å². The molecule has 1 aliphatic heterocycles. The highest BCUT2D eigenvalue weighted by atomic mass is 35.5. The second-order valence-electron chi connectivity index (χ2n) is 7.28. The smallest absolute Gasteiger partial charge is 0.257 e. The molecule has 6 nitrogen and oxygen atoms in total. The van der Waals surface area contributed by atoms with E-state index in [-0.39, 0.29) is 11.9 Å². The Kier molecular flexibility index (Phi) is 6.02. The summed E-state index contributed by atoms with van der Waals surface area (Å²) in [5, 5.41) is 7.67. The molecule has 1 fully saturated rings. The first kappa shape index (κ1) is 19.7. The van der Waals surface area contributed by atoms with Crippen LogP contribution < -0.4 is 5.32 Å². The molecule has 4 rings (SSSR count). The molecule has 1 N–H and O–H groups in total. The van der Waals surface area contributed by atoms with Gasteiger partial charge in [-0.2, -0.15) is 0 Å². The zero-order valence-corrected chi connectivity index (χ0v) is 17.1. The van der Waals surface area contributed by atoms with Crippen molar-refractivity contribution in [3.63, 3.8) is 0 Å². The van der Waals surface area contributed by atoms with Gasteiger partial charge in [0.15, 0.2) is 0 Å². The fourth-order valence-corrected chi connectivity index (χ4v) is 4.10. The Hall–Kier alpha value is -2.57. The summed E-state index contributed by atoms with van der Waals surface area (Å²) in [7, 11) is 0.